The zero-order valence-corrected chi connectivity index (χ0v) is 17.4. The predicted molar refractivity (Wildman–Crippen MR) is 121 cm³/mol. The van der Waals surface area contributed by atoms with Gasteiger partial charge in [-0.3, -0.25) is 14.5 Å². The van der Waals surface area contributed by atoms with Crippen LogP contribution < -0.4 is 15.4 Å². The van der Waals surface area contributed by atoms with E-state index in [1.54, 1.807) is 29.0 Å². The lowest BCUT2D eigenvalue weighted by molar-refractivity contribution is -0.128. The van der Waals surface area contributed by atoms with Gasteiger partial charge < -0.3 is 15.4 Å². The minimum atomic E-state index is -0.413. The summed E-state index contributed by atoms with van der Waals surface area (Å²) >= 11 is 0. The maximum Gasteiger partial charge on any atom is 0.236 e. The van der Waals surface area contributed by atoms with E-state index in [2.05, 4.69) is 0 Å². The number of methoxy groups -OCH3 is 1. The summed E-state index contributed by atoms with van der Waals surface area (Å²) in [6.45, 7) is 0.863. The third kappa shape index (κ3) is 4.53. The Morgan fingerprint density at radius 3 is 2.29 bits per heavy atom. The number of carbonyl (C=O) groups is 2. The number of amides is 2. The minimum Gasteiger partial charge on any atom is -0.497 e. The molecule has 0 radical (unpaired) electrons. The molecule has 31 heavy (non-hydrogen) atoms. The molecule has 1 unspecified atom stereocenters. The van der Waals surface area contributed by atoms with Crippen LogP contribution in [0.4, 0.5) is 17.1 Å². The third-order valence-electron chi connectivity index (χ3n) is 5.48. The molecule has 1 aliphatic rings. The molecule has 1 saturated heterocycles. The van der Waals surface area contributed by atoms with Gasteiger partial charge in [-0.15, -0.1) is 0 Å². The predicted octanol–water partition coefficient (Wildman–Crippen LogP) is 3.99. The summed E-state index contributed by atoms with van der Waals surface area (Å²) in [5.41, 5.74) is 8.95. The standard InChI is InChI=1S/C25H25N3O3/c1-31-23-13-7-18(8-14-23)16-27-17-19(15-24(27)29)25(30)28(21-5-3-2-4-6-21)22-11-9-20(26)10-12-22/h2-14,19H,15-17,26H2,1H3. The Labute approximate surface area is 181 Å². The molecule has 0 saturated carbocycles. The molecule has 0 bridgehead atoms. The Hall–Kier alpha value is -3.80. The molecule has 3 aromatic carbocycles. The largest absolute Gasteiger partial charge is 0.497 e. The van der Waals surface area contributed by atoms with Gasteiger partial charge in [0, 0.05) is 36.6 Å². The Morgan fingerprint density at radius 1 is 1.00 bits per heavy atom. The number of benzene rings is 3. The van der Waals surface area contributed by atoms with Gasteiger partial charge in [0.25, 0.3) is 0 Å². The first-order valence-electron chi connectivity index (χ1n) is 10.2. The highest BCUT2D eigenvalue weighted by atomic mass is 16.5. The molecule has 0 aliphatic carbocycles. The summed E-state index contributed by atoms with van der Waals surface area (Å²) in [6, 6.07) is 24.3. The number of likely N-dealkylation sites (tertiary alicyclic amines) is 1. The van der Waals surface area contributed by atoms with Crippen LogP contribution in [0.25, 0.3) is 0 Å². The number of carbonyl (C=O) groups excluding carboxylic acids is 2. The average Bonchev–Trinajstić information content (AvgIpc) is 3.16. The van der Waals surface area contributed by atoms with Gasteiger partial charge in [0.15, 0.2) is 0 Å². The lowest BCUT2D eigenvalue weighted by Gasteiger charge is -2.26. The van der Waals surface area contributed by atoms with Gasteiger partial charge in [-0.2, -0.15) is 0 Å². The lowest BCUT2D eigenvalue weighted by atomic mass is 10.1. The summed E-state index contributed by atoms with van der Waals surface area (Å²) in [5, 5.41) is 0. The van der Waals surface area contributed by atoms with Gasteiger partial charge in [-0.25, -0.2) is 0 Å². The molecule has 0 aromatic heterocycles. The van der Waals surface area contributed by atoms with E-state index in [0.29, 0.717) is 18.8 Å². The molecule has 1 fully saturated rings. The molecule has 1 heterocycles. The second kappa shape index (κ2) is 8.92. The number of ether oxygens (including phenoxy) is 1. The van der Waals surface area contributed by atoms with Gasteiger partial charge in [0.1, 0.15) is 5.75 Å². The highest BCUT2D eigenvalue weighted by Crippen LogP contribution is 2.31. The fourth-order valence-corrected chi connectivity index (χ4v) is 3.83. The molecule has 3 aromatic rings. The van der Waals surface area contributed by atoms with Crippen LogP contribution >= 0.6 is 0 Å². The van der Waals surface area contributed by atoms with Crippen molar-refractivity contribution in [2.24, 2.45) is 5.92 Å². The quantitative estimate of drug-likeness (QED) is 0.618. The van der Waals surface area contributed by atoms with Crippen molar-refractivity contribution in [3.05, 3.63) is 84.4 Å². The number of nitrogens with two attached hydrogens (primary N) is 1. The smallest absolute Gasteiger partial charge is 0.236 e. The van der Waals surface area contributed by atoms with Crippen molar-refractivity contribution in [3.8, 4) is 5.75 Å². The normalized spacial score (nSPS) is 15.7. The van der Waals surface area contributed by atoms with Gasteiger partial charge >= 0.3 is 0 Å². The van der Waals surface area contributed by atoms with Gasteiger partial charge in [0.2, 0.25) is 11.8 Å². The second-order valence-electron chi connectivity index (χ2n) is 7.62. The van der Waals surface area contributed by atoms with E-state index in [-0.39, 0.29) is 18.2 Å². The second-order valence-corrected chi connectivity index (χ2v) is 7.62. The van der Waals surface area contributed by atoms with Crippen molar-refractivity contribution < 1.29 is 14.3 Å². The maximum absolute atomic E-state index is 13.6. The number of nitrogens with zero attached hydrogens (tertiary/aromatic N) is 2. The Morgan fingerprint density at radius 2 is 1.65 bits per heavy atom. The molecular weight excluding hydrogens is 390 g/mol. The maximum atomic E-state index is 13.6. The van der Waals surface area contributed by atoms with E-state index in [0.717, 1.165) is 22.7 Å². The first kappa shape index (κ1) is 20.5. The van der Waals surface area contributed by atoms with E-state index >= 15 is 0 Å². The fraction of sp³-hybridized carbons (Fsp3) is 0.200. The highest BCUT2D eigenvalue weighted by molar-refractivity contribution is 6.04. The third-order valence-corrected chi connectivity index (χ3v) is 5.48. The number of rotatable bonds is 6. The van der Waals surface area contributed by atoms with Crippen molar-refractivity contribution in [1.29, 1.82) is 0 Å². The summed E-state index contributed by atoms with van der Waals surface area (Å²) < 4.78 is 5.19. The summed E-state index contributed by atoms with van der Waals surface area (Å²) in [5.74, 6) is 0.246. The molecule has 6 heteroatoms. The van der Waals surface area contributed by atoms with Gasteiger partial charge in [-0.05, 0) is 54.1 Å². The van der Waals surface area contributed by atoms with Crippen molar-refractivity contribution in [2.75, 3.05) is 24.3 Å². The van der Waals surface area contributed by atoms with E-state index < -0.39 is 5.92 Å². The van der Waals surface area contributed by atoms with Crippen LogP contribution in [-0.2, 0) is 16.1 Å². The zero-order valence-electron chi connectivity index (χ0n) is 17.4. The first-order valence-corrected chi connectivity index (χ1v) is 10.2. The van der Waals surface area contributed by atoms with Gasteiger partial charge in [0.05, 0.1) is 13.0 Å². The van der Waals surface area contributed by atoms with Crippen LogP contribution in [0, 0.1) is 5.92 Å². The Kier molecular flexibility index (Phi) is 5.89. The SMILES string of the molecule is COc1ccc(CN2CC(C(=O)N(c3ccccc3)c3ccc(N)cc3)CC2=O)cc1. The topological polar surface area (TPSA) is 75.9 Å². The van der Waals surface area contributed by atoms with E-state index in [4.69, 9.17) is 10.5 Å². The fourth-order valence-electron chi connectivity index (χ4n) is 3.83. The van der Waals surface area contributed by atoms with Crippen LogP contribution in [-0.4, -0.2) is 30.4 Å². The van der Waals surface area contributed by atoms with Crippen LogP contribution in [0.2, 0.25) is 0 Å². The molecule has 1 atom stereocenters. The highest BCUT2D eigenvalue weighted by Gasteiger charge is 2.37. The Balaban J connectivity index is 1.54. The zero-order chi connectivity index (χ0) is 21.8. The molecule has 2 N–H and O–H groups in total. The van der Waals surface area contributed by atoms with Crippen molar-refractivity contribution in [2.45, 2.75) is 13.0 Å². The number of hydrogen-bond donors (Lipinski definition) is 1. The number of anilines is 3. The average molecular weight is 415 g/mol. The summed E-state index contributed by atoms with van der Waals surface area (Å²) in [7, 11) is 1.62. The van der Waals surface area contributed by atoms with Crippen LogP contribution in [0.1, 0.15) is 12.0 Å². The molecule has 2 amide bonds. The first-order chi connectivity index (χ1) is 15.0. The molecule has 1 aliphatic heterocycles. The Bertz CT molecular complexity index is 1050. The molecule has 6 nitrogen and oxygen atoms in total. The monoisotopic (exact) mass is 415 g/mol. The number of para-hydroxylation sites is 1. The summed E-state index contributed by atoms with van der Waals surface area (Å²) in [6.07, 6.45) is 0.202. The van der Waals surface area contributed by atoms with Crippen molar-refractivity contribution in [3.63, 3.8) is 0 Å². The summed E-state index contributed by atoms with van der Waals surface area (Å²) in [4.78, 5) is 29.6. The van der Waals surface area contributed by atoms with Crippen LogP contribution in [0.15, 0.2) is 78.9 Å². The van der Waals surface area contributed by atoms with Crippen LogP contribution in [0.5, 0.6) is 5.75 Å². The van der Waals surface area contributed by atoms with Crippen molar-refractivity contribution >= 4 is 28.9 Å². The van der Waals surface area contributed by atoms with E-state index in [9.17, 15) is 9.59 Å². The molecule has 0 spiro atoms. The van der Waals surface area contributed by atoms with E-state index in [1.807, 2.05) is 66.7 Å². The van der Waals surface area contributed by atoms with Gasteiger partial charge in [-0.1, -0.05) is 30.3 Å². The number of hydrogen-bond acceptors (Lipinski definition) is 4. The van der Waals surface area contributed by atoms with Crippen LogP contribution in [0.3, 0.4) is 0 Å². The molecule has 158 valence electrons. The lowest BCUT2D eigenvalue weighted by Crippen LogP contribution is -2.34. The number of nitrogen functional groups attached to an aromatic ring is 1. The van der Waals surface area contributed by atoms with Crippen molar-refractivity contribution in [1.82, 2.24) is 4.90 Å². The van der Waals surface area contributed by atoms with E-state index in [1.165, 1.54) is 0 Å². The molecule has 4 rings (SSSR count). The minimum absolute atomic E-state index is 0.0144. The molecular formula is C25H25N3O3.